The van der Waals surface area contributed by atoms with Gasteiger partial charge in [-0.2, -0.15) is 0 Å². The molecule has 2 atom stereocenters. The second kappa shape index (κ2) is 7.11. The summed E-state index contributed by atoms with van der Waals surface area (Å²) < 4.78 is 5.22. The summed E-state index contributed by atoms with van der Waals surface area (Å²) in [7, 11) is 1.69. The lowest BCUT2D eigenvalue weighted by Crippen LogP contribution is -2.13. The molecule has 0 saturated heterocycles. The normalized spacial score (nSPS) is 13.8. The largest absolute Gasteiger partial charge is 0.497 e. The molecule has 0 saturated carbocycles. The first-order valence-electron chi connectivity index (χ1n) is 7.15. The van der Waals surface area contributed by atoms with Crippen molar-refractivity contribution < 1.29 is 4.74 Å². The Morgan fingerprint density at radius 3 is 2.15 bits per heavy atom. The van der Waals surface area contributed by atoms with Crippen LogP contribution in [0.3, 0.4) is 0 Å². The van der Waals surface area contributed by atoms with Crippen LogP contribution in [0.25, 0.3) is 0 Å². The summed E-state index contributed by atoms with van der Waals surface area (Å²) in [5.74, 6) is 1.79. The average molecular weight is 269 g/mol. The summed E-state index contributed by atoms with van der Waals surface area (Å²) in [4.78, 5) is 0. The van der Waals surface area contributed by atoms with Crippen LogP contribution in [-0.2, 0) is 0 Å². The standard InChI is InChI=1S/C18H23NO/c1-14(15-8-10-17(20-2)11-9-15)18(12-13-19)16-6-4-3-5-7-16/h3-11,14,18H,12-13,19H2,1-2H3. The Hall–Kier alpha value is -1.80. The molecule has 0 heterocycles. The topological polar surface area (TPSA) is 35.2 Å². The van der Waals surface area contributed by atoms with Crippen molar-refractivity contribution in [2.75, 3.05) is 13.7 Å². The van der Waals surface area contributed by atoms with Crippen molar-refractivity contribution in [2.45, 2.75) is 25.2 Å². The van der Waals surface area contributed by atoms with Gasteiger partial charge in [0.25, 0.3) is 0 Å². The average Bonchev–Trinajstić information content (AvgIpc) is 2.53. The Morgan fingerprint density at radius 1 is 0.950 bits per heavy atom. The highest BCUT2D eigenvalue weighted by molar-refractivity contribution is 5.32. The molecule has 2 rings (SSSR count). The minimum atomic E-state index is 0.437. The molecule has 2 heteroatoms. The van der Waals surface area contributed by atoms with Crippen LogP contribution < -0.4 is 10.5 Å². The van der Waals surface area contributed by atoms with Gasteiger partial charge in [-0.15, -0.1) is 0 Å². The van der Waals surface area contributed by atoms with Crippen LogP contribution in [-0.4, -0.2) is 13.7 Å². The van der Waals surface area contributed by atoms with E-state index in [4.69, 9.17) is 10.5 Å². The molecule has 0 aliphatic rings. The molecule has 0 spiro atoms. The minimum Gasteiger partial charge on any atom is -0.497 e. The molecule has 0 aliphatic carbocycles. The molecule has 2 unspecified atom stereocenters. The zero-order valence-electron chi connectivity index (χ0n) is 12.3. The third-order valence-corrected chi connectivity index (χ3v) is 3.95. The number of nitrogens with two attached hydrogens (primary N) is 1. The summed E-state index contributed by atoms with van der Waals surface area (Å²) in [6.07, 6.45) is 0.997. The van der Waals surface area contributed by atoms with Crippen molar-refractivity contribution in [2.24, 2.45) is 5.73 Å². The second-order valence-corrected chi connectivity index (χ2v) is 5.16. The third kappa shape index (κ3) is 3.40. The summed E-state index contributed by atoms with van der Waals surface area (Å²) in [5.41, 5.74) is 8.50. The van der Waals surface area contributed by atoms with Crippen molar-refractivity contribution in [1.82, 2.24) is 0 Å². The number of rotatable bonds is 6. The predicted molar refractivity (Wildman–Crippen MR) is 84.3 cm³/mol. The van der Waals surface area contributed by atoms with Crippen LogP contribution in [0, 0.1) is 0 Å². The van der Waals surface area contributed by atoms with Crippen molar-refractivity contribution >= 4 is 0 Å². The molecule has 20 heavy (non-hydrogen) atoms. The zero-order chi connectivity index (χ0) is 14.4. The van der Waals surface area contributed by atoms with Gasteiger partial charge in [-0.05, 0) is 48.1 Å². The van der Waals surface area contributed by atoms with Gasteiger partial charge in [0, 0.05) is 0 Å². The first-order chi connectivity index (χ1) is 9.76. The molecular formula is C18H23NO. The highest BCUT2D eigenvalue weighted by atomic mass is 16.5. The zero-order valence-corrected chi connectivity index (χ0v) is 12.3. The van der Waals surface area contributed by atoms with E-state index in [0.29, 0.717) is 18.4 Å². The molecule has 2 aromatic carbocycles. The van der Waals surface area contributed by atoms with Gasteiger partial charge >= 0.3 is 0 Å². The van der Waals surface area contributed by atoms with Crippen LogP contribution in [0.2, 0.25) is 0 Å². The monoisotopic (exact) mass is 269 g/mol. The molecule has 0 fully saturated rings. The van der Waals surface area contributed by atoms with Crippen LogP contribution in [0.15, 0.2) is 54.6 Å². The van der Waals surface area contributed by atoms with E-state index in [-0.39, 0.29) is 0 Å². The first-order valence-corrected chi connectivity index (χ1v) is 7.15. The van der Waals surface area contributed by atoms with E-state index >= 15 is 0 Å². The molecule has 0 aromatic heterocycles. The predicted octanol–water partition coefficient (Wildman–Crippen LogP) is 3.93. The van der Waals surface area contributed by atoms with E-state index < -0.39 is 0 Å². The Bertz CT molecular complexity index is 507. The Morgan fingerprint density at radius 2 is 1.60 bits per heavy atom. The van der Waals surface area contributed by atoms with Gasteiger partial charge < -0.3 is 10.5 Å². The highest BCUT2D eigenvalue weighted by Gasteiger charge is 2.20. The van der Waals surface area contributed by atoms with E-state index in [1.165, 1.54) is 11.1 Å². The first kappa shape index (κ1) is 14.6. The maximum Gasteiger partial charge on any atom is 0.118 e. The van der Waals surface area contributed by atoms with E-state index in [0.717, 1.165) is 12.2 Å². The quantitative estimate of drug-likeness (QED) is 0.862. The van der Waals surface area contributed by atoms with E-state index in [1.54, 1.807) is 7.11 Å². The van der Waals surface area contributed by atoms with Gasteiger partial charge in [0.05, 0.1) is 7.11 Å². The van der Waals surface area contributed by atoms with Crippen molar-refractivity contribution in [3.63, 3.8) is 0 Å². The molecular weight excluding hydrogens is 246 g/mol. The Labute approximate surface area is 121 Å². The molecule has 0 radical (unpaired) electrons. The molecule has 0 amide bonds. The summed E-state index contributed by atoms with van der Waals surface area (Å²) in [6.45, 7) is 2.98. The minimum absolute atomic E-state index is 0.437. The van der Waals surface area contributed by atoms with Crippen LogP contribution in [0.4, 0.5) is 0 Å². The van der Waals surface area contributed by atoms with Gasteiger partial charge in [-0.1, -0.05) is 49.4 Å². The Kier molecular flexibility index (Phi) is 5.19. The van der Waals surface area contributed by atoms with Crippen molar-refractivity contribution in [3.05, 3.63) is 65.7 Å². The summed E-state index contributed by atoms with van der Waals surface area (Å²) in [5, 5.41) is 0. The van der Waals surface area contributed by atoms with E-state index in [9.17, 15) is 0 Å². The lowest BCUT2D eigenvalue weighted by molar-refractivity contribution is 0.414. The van der Waals surface area contributed by atoms with Crippen LogP contribution >= 0.6 is 0 Å². The fraction of sp³-hybridized carbons (Fsp3) is 0.333. The lowest BCUT2D eigenvalue weighted by Gasteiger charge is -2.24. The second-order valence-electron chi connectivity index (χ2n) is 5.16. The maximum atomic E-state index is 5.81. The molecule has 2 N–H and O–H groups in total. The fourth-order valence-corrected chi connectivity index (χ4v) is 2.72. The molecule has 0 bridgehead atoms. The summed E-state index contributed by atoms with van der Waals surface area (Å²) in [6, 6.07) is 19.0. The lowest BCUT2D eigenvalue weighted by atomic mass is 9.80. The van der Waals surface area contributed by atoms with Gasteiger partial charge in [0.15, 0.2) is 0 Å². The highest BCUT2D eigenvalue weighted by Crippen LogP contribution is 2.35. The van der Waals surface area contributed by atoms with Crippen LogP contribution in [0.5, 0.6) is 5.75 Å². The number of hydrogen-bond acceptors (Lipinski definition) is 2. The number of methoxy groups -OCH3 is 1. The van der Waals surface area contributed by atoms with Gasteiger partial charge in [0.2, 0.25) is 0 Å². The van der Waals surface area contributed by atoms with Crippen LogP contribution in [0.1, 0.15) is 36.3 Å². The molecule has 0 aliphatic heterocycles. The smallest absolute Gasteiger partial charge is 0.118 e. The number of hydrogen-bond donors (Lipinski definition) is 1. The van der Waals surface area contributed by atoms with Gasteiger partial charge in [0.1, 0.15) is 5.75 Å². The molecule has 2 nitrogen and oxygen atoms in total. The molecule has 2 aromatic rings. The summed E-state index contributed by atoms with van der Waals surface area (Å²) >= 11 is 0. The van der Waals surface area contributed by atoms with Gasteiger partial charge in [-0.3, -0.25) is 0 Å². The number of ether oxygens (including phenoxy) is 1. The fourth-order valence-electron chi connectivity index (χ4n) is 2.72. The maximum absolute atomic E-state index is 5.81. The van der Waals surface area contributed by atoms with E-state index in [2.05, 4.69) is 49.4 Å². The van der Waals surface area contributed by atoms with E-state index in [1.807, 2.05) is 12.1 Å². The third-order valence-electron chi connectivity index (χ3n) is 3.95. The van der Waals surface area contributed by atoms with Crippen molar-refractivity contribution in [1.29, 1.82) is 0 Å². The molecule has 106 valence electrons. The van der Waals surface area contributed by atoms with Gasteiger partial charge in [-0.25, -0.2) is 0 Å². The Balaban J connectivity index is 2.24. The SMILES string of the molecule is COc1ccc(C(C)C(CCN)c2ccccc2)cc1. The van der Waals surface area contributed by atoms with Crippen molar-refractivity contribution in [3.8, 4) is 5.75 Å². The number of benzene rings is 2.